The van der Waals surface area contributed by atoms with Crippen molar-refractivity contribution in [3.05, 3.63) is 70.5 Å². The Balaban J connectivity index is 1.45. The third-order valence-electron chi connectivity index (χ3n) is 4.35. The Morgan fingerprint density at radius 1 is 1.00 bits per heavy atom. The molecule has 126 valence electrons. The predicted molar refractivity (Wildman–Crippen MR) is 96.9 cm³/mol. The van der Waals surface area contributed by atoms with Gasteiger partial charge in [0.15, 0.2) is 0 Å². The molecule has 5 nitrogen and oxygen atoms in total. The number of nitrogens with zero attached hydrogens (tertiary/aromatic N) is 4. The molecule has 2 aromatic carbocycles. The SMILES string of the molecule is O=C(c1ccc(-c2ccc(Cl)c(Cl)c2)cc1)N1CC(n2ccnn2)C1. The quantitative estimate of drug-likeness (QED) is 0.699. The summed E-state index contributed by atoms with van der Waals surface area (Å²) in [5.74, 6) is 0.0250. The molecule has 7 heteroatoms. The van der Waals surface area contributed by atoms with Crippen molar-refractivity contribution in [3.8, 4) is 11.1 Å². The van der Waals surface area contributed by atoms with E-state index >= 15 is 0 Å². The second-order valence-corrected chi connectivity index (χ2v) is 6.77. The number of hydrogen-bond donors (Lipinski definition) is 0. The molecule has 0 radical (unpaired) electrons. The first-order chi connectivity index (χ1) is 12.1. The topological polar surface area (TPSA) is 51.0 Å². The molecule has 4 rings (SSSR count). The molecule has 2 heterocycles. The van der Waals surface area contributed by atoms with Crippen LogP contribution in [0.2, 0.25) is 10.0 Å². The summed E-state index contributed by atoms with van der Waals surface area (Å²) in [7, 11) is 0. The van der Waals surface area contributed by atoms with E-state index in [0.29, 0.717) is 28.7 Å². The van der Waals surface area contributed by atoms with E-state index in [0.717, 1.165) is 11.1 Å². The largest absolute Gasteiger partial charge is 0.334 e. The standard InChI is InChI=1S/C18H14Cl2N4O/c19-16-6-5-14(9-17(16)20)12-1-3-13(4-2-12)18(25)23-10-15(11-23)24-8-7-21-22-24/h1-9,15H,10-11H2. The van der Waals surface area contributed by atoms with Gasteiger partial charge in [0.25, 0.3) is 5.91 Å². The Morgan fingerprint density at radius 2 is 1.72 bits per heavy atom. The van der Waals surface area contributed by atoms with Gasteiger partial charge in [0.2, 0.25) is 0 Å². The van der Waals surface area contributed by atoms with Gasteiger partial charge in [-0.15, -0.1) is 5.10 Å². The van der Waals surface area contributed by atoms with Crippen molar-refractivity contribution in [1.82, 2.24) is 19.9 Å². The summed E-state index contributed by atoms with van der Waals surface area (Å²) in [6, 6.07) is 13.2. The van der Waals surface area contributed by atoms with Crippen molar-refractivity contribution in [3.63, 3.8) is 0 Å². The normalized spacial score (nSPS) is 14.4. The first-order valence-electron chi connectivity index (χ1n) is 7.82. The van der Waals surface area contributed by atoms with Gasteiger partial charge in [-0.05, 0) is 35.4 Å². The minimum absolute atomic E-state index is 0.0250. The molecule has 0 atom stereocenters. The van der Waals surface area contributed by atoms with E-state index in [2.05, 4.69) is 10.3 Å². The molecule has 3 aromatic rings. The van der Waals surface area contributed by atoms with E-state index in [1.807, 2.05) is 42.6 Å². The van der Waals surface area contributed by atoms with E-state index in [4.69, 9.17) is 23.2 Å². The summed E-state index contributed by atoms with van der Waals surface area (Å²) >= 11 is 12.0. The van der Waals surface area contributed by atoms with Crippen LogP contribution in [0.3, 0.4) is 0 Å². The number of rotatable bonds is 3. The third-order valence-corrected chi connectivity index (χ3v) is 5.09. The highest BCUT2D eigenvalue weighted by atomic mass is 35.5. The van der Waals surface area contributed by atoms with Crippen LogP contribution in [0.5, 0.6) is 0 Å². The summed E-state index contributed by atoms with van der Waals surface area (Å²) < 4.78 is 1.79. The zero-order chi connectivity index (χ0) is 17.4. The Morgan fingerprint density at radius 3 is 2.36 bits per heavy atom. The highest BCUT2D eigenvalue weighted by Crippen LogP contribution is 2.29. The van der Waals surface area contributed by atoms with E-state index < -0.39 is 0 Å². The Kier molecular flexibility index (Phi) is 4.19. The van der Waals surface area contributed by atoms with Crippen molar-refractivity contribution in [2.75, 3.05) is 13.1 Å². The zero-order valence-electron chi connectivity index (χ0n) is 13.1. The minimum Gasteiger partial charge on any atom is -0.334 e. The average molecular weight is 373 g/mol. The number of benzene rings is 2. The lowest BCUT2D eigenvalue weighted by Crippen LogP contribution is -2.50. The second-order valence-electron chi connectivity index (χ2n) is 5.95. The van der Waals surface area contributed by atoms with Gasteiger partial charge in [0.05, 0.1) is 22.3 Å². The first-order valence-corrected chi connectivity index (χ1v) is 8.58. The predicted octanol–water partition coefficient (Wildman–Crippen LogP) is 3.95. The lowest BCUT2D eigenvalue weighted by Gasteiger charge is -2.38. The molecule has 1 aliphatic rings. The Bertz CT molecular complexity index is 903. The molecular formula is C18H14Cl2N4O. The Hall–Kier alpha value is -2.37. The maximum atomic E-state index is 12.5. The summed E-state index contributed by atoms with van der Waals surface area (Å²) in [6.07, 6.45) is 3.46. The van der Waals surface area contributed by atoms with Gasteiger partial charge in [-0.3, -0.25) is 4.79 Å². The molecule has 1 aromatic heterocycles. The number of carbonyl (C=O) groups excluding carboxylic acids is 1. The van der Waals surface area contributed by atoms with Crippen molar-refractivity contribution in [2.45, 2.75) is 6.04 Å². The van der Waals surface area contributed by atoms with Gasteiger partial charge in [-0.2, -0.15) is 0 Å². The van der Waals surface area contributed by atoms with Crippen LogP contribution in [0.15, 0.2) is 54.9 Å². The number of likely N-dealkylation sites (tertiary alicyclic amines) is 1. The van der Waals surface area contributed by atoms with Crippen LogP contribution in [0.25, 0.3) is 11.1 Å². The summed E-state index contributed by atoms with van der Waals surface area (Å²) in [5.41, 5.74) is 2.61. The molecule has 1 fully saturated rings. The lowest BCUT2D eigenvalue weighted by atomic mass is 10.0. The molecule has 0 spiro atoms. The minimum atomic E-state index is 0.0250. The monoisotopic (exact) mass is 372 g/mol. The zero-order valence-corrected chi connectivity index (χ0v) is 14.7. The number of hydrogen-bond acceptors (Lipinski definition) is 3. The molecule has 25 heavy (non-hydrogen) atoms. The van der Waals surface area contributed by atoms with Crippen molar-refractivity contribution in [1.29, 1.82) is 0 Å². The van der Waals surface area contributed by atoms with E-state index in [1.54, 1.807) is 21.8 Å². The lowest BCUT2D eigenvalue weighted by molar-refractivity contribution is 0.0498. The number of aromatic nitrogens is 3. The average Bonchev–Trinajstić information content (AvgIpc) is 3.10. The van der Waals surface area contributed by atoms with E-state index in [-0.39, 0.29) is 11.9 Å². The first kappa shape index (κ1) is 16.1. The fourth-order valence-corrected chi connectivity index (χ4v) is 3.16. The van der Waals surface area contributed by atoms with Crippen LogP contribution < -0.4 is 0 Å². The van der Waals surface area contributed by atoms with E-state index in [9.17, 15) is 4.79 Å². The molecule has 0 N–H and O–H groups in total. The van der Waals surface area contributed by atoms with Crippen LogP contribution >= 0.6 is 23.2 Å². The molecule has 1 saturated heterocycles. The molecule has 1 aliphatic heterocycles. The van der Waals surface area contributed by atoms with Crippen LogP contribution in [-0.2, 0) is 0 Å². The number of amides is 1. The van der Waals surface area contributed by atoms with Crippen molar-refractivity contribution < 1.29 is 4.79 Å². The van der Waals surface area contributed by atoms with Gasteiger partial charge in [0, 0.05) is 24.8 Å². The van der Waals surface area contributed by atoms with Gasteiger partial charge >= 0.3 is 0 Å². The fourth-order valence-electron chi connectivity index (χ4n) is 2.86. The fraction of sp³-hybridized carbons (Fsp3) is 0.167. The van der Waals surface area contributed by atoms with Crippen LogP contribution in [-0.4, -0.2) is 38.9 Å². The summed E-state index contributed by atoms with van der Waals surface area (Å²) in [4.78, 5) is 14.3. The number of halogens is 2. The highest BCUT2D eigenvalue weighted by molar-refractivity contribution is 6.42. The maximum Gasteiger partial charge on any atom is 0.253 e. The van der Waals surface area contributed by atoms with Crippen LogP contribution in [0.1, 0.15) is 16.4 Å². The molecule has 0 bridgehead atoms. The molecular weight excluding hydrogens is 359 g/mol. The second kappa shape index (κ2) is 6.50. The number of carbonyl (C=O) groups is 1. The molecule has 1 amide bonds. The van der Waals surface area contributed by atoms with Gasteiger partial charge < -0.3 is 4.90 Å². The molecule has 0 saturated carbocycles. The van der Waals surface area contributed by atoms with Gasteiger partial charge in [0.1, 0.15) is 0 Å². The van der Waals surface area contributed by atoms with Crippen molar-refractivity contribution in [2.24, 2.45) is 0 Å². The molecule has 0 unspecified atom stereocenters. The van der Waals surface area contributed by atoms with Crippen LogP contribution in [0.4, 0.5) is 0 Å². The maximum absolute atomic E-state index is 12.5. The van der Waals surface area contributed by atoms with E-state index in [1.165, 1.54) is 0 Å². The third kappa shape index (κ3) is 3.13. The Labute approximate surface area is 154 Å². The van der Waals surface area contributed by atoms with Gasteiger partial charge in [-0.1, -0.05) is 46.6 Å². The van der Waals surface area contributed by atoms with Crippen LogP contribution in [0, 0.1) is 0 Å². The smallest absolute Gasteiger partial charge is 0.253 e. The summed E-state index contributed by atoms with van der Waals surface area (Å²) in [6.45, 7) is 1.30. The van der Waals surface area contributed by atoms with Crippen molar-refractivity contribution >= 4 is 29.1 Å². The highest BCUT2D eigenvalue weighted by Gasteiger charge is 2.32. The molecule has 0 aliphatic carbocycles. The van der Waals surface area contributed by atoms with Gasteiger partial charge in [-0.25, -0.2) is 4.68 Å². The summed E-state index contributed by atoms with van der Waals surface area (Å²) in [5, 5.41) is 8.80.